The number of nitro groups is 1. The molecule has 0 aliphatic carbocycles. The second-order valence-corrected chi connectivity index (χ2v) is 5.91. The standard InChI is InChI=1S/C16H20N6O3/c1-17-16(23)12-9-11(22(24)25)6-7-13(12)18-10-15-20-19-14-5-3-2-4-8-21(14)15/h6-7,9,18H,2-5,8,10H2,1H3,(H,17,23). The molecule has 0 saturated heterocycles. The smallest absolute Gasteiger partial charge is 0.270 e. The van der Waals surface area contributed by atoms with Gasteiger partial charge in [-0.2, -0.15) is 0 Å². The van der Waals surface area contributed by atoms with Crippen molar-refractivity contribution in [1.29, 1.82) is 0 Å². The summed E-state index contributed by atoms with van der Waals surface area (Å²) in [6.07, 6.45) is 4.32. The van der Waals surface area contributed by atoms with Crippen LogP contribution in [0.2, 0.25) is 0 Å². The van der Waals surface area contributed by atoms with Crippen LogP contribution in [0.25, 0.3) is 0 Å². The number of benzene rings is 1. The van der Waals surface area contributed by atoms with E-state index < -0.39 is 4.92 Å². The van der Waals surface area contributed by atoms with Gasteiger partial charge in [0.2, 0.25) is 0 Å². The van der Waals surface area contributed by atoms with Crippen molar-refractivity contribution in [3.05, 3.63) is 45.5 Å². The van der Waals surface area contributed by atoms with Crippen LogP contribution >= 0.6 is 0 Å². The number of hydrogen-bond donors (Lipinski definition) is 2. The maximum atomic E-state index is 12.0. The molecule has 1 aliphatic heterocycles. The lowest BCUT2D eigenvalue weighted by Crippen LogP contribution is -2.20. The van der Waals surface area contributed by atoms with E-state index in [9.17, 15) is 14.9 Å². The molecule has 9 heteroatoms. The summed E-state index contributed by atoms with van der Waals surface area (Å²) in [7, 11) is 1.49. The number of aromatic nitrogens is 3. The van der Waals surface area contributed by atoms with E-state index >= 15 is 0 Å². The second kappa shape index (κ2) is 7.29. The van der Waals surface area contributed by atoms with E-state index in [1.54, 1.807) is 6.07 Å². The molecule has 1 aromatic carbocycles. The Labute approximate surface area is 144 Å². The lowest BCUT2D eigenvalue weighted by Gasteiger charge is -2.12. The van der Waals surface area contributed by atoms with Gasteiger partial charge in [-0.1, -0.05) is 6.42 Å². The zero-order chi connectivity index (χ0) is 17.8. The average Bonchev–Trinajstić information content (AvgIpc) is 2.85. The molecule has 0 radical (unpaired) electrons. The minimum atomic E-state index is -0.519. The zero-order valence-electron chi connectivity index (χ0n) is 14.0. The number of rotatable bonds is 5. The minimum absolute atomic E-state index is 0.125. The number of anilines is 1. The van der Waals surface area contributed by atoms with Gasteiger partial charge >= 0.3 is 0 Å². The first kappa shape index (κ1) is 16.9. The number of aryl methyl sites for hydroxylation is 1. The van der Waals surface area contributed by atoms with Gasteiger partial charge in [-0.25, -0.2) is 0 Å². The van der Waals surface area contributed by atoms with E-state index in [4.69, 9.17) is 0 Å². The lowest BCUT2D eigenvalue weighted by atomic mass is 10.1. The van der Waals surface area contributed by atoms with Crippen LogP contribution in [0.4, 0.5) is 11.4 Å². The summed E-state index contributed by atoms with van der Waals surface area (Å²) in [6.45, 7) is 1.29. The van der Waals surface area contributed by atoms with Gasteiger partial charge < -0.3 is 15.2 Å². The molecule has 1 amide bonds. The van der Waals surface area contributed by atoms with Crippen molar-refractivity contribution in [2.45, 2.75) is 38.8 Å². The lowest BCUT2D eigenvalue weighted by molar-refractivity contribution is -0.384. The van der Waals surface area contributed by atoms with Gasteiger partial charge in [0.15, 0.2) is 5.82 Å². The van der Waals surface area contributed by atoms with Crippen LogP contribution in [0.5, 0.6) is 0 Å². The first-order valence-corrected chi connectivity index (χ1v) is 8.25. The molecule has 1 aliphatic rings. The van der Waals surface area contributed by atoms with Crippen LogP contribution in [0.3, 0.4) is 0 Å². The third-order valence-corrected chi connectivity index (χ3v) is 4.31. The topological polar surface area (TPSA) is 115 Å². The minimum Gasteiger partial charge on any atom is -0.377 e. The van der Waals surface area contributed by atoms with Crippen LogP contribution in [-0.4, -0.2) is 32.6 Å². The van der Waals surface area contributed by atoms with E-state index in [1.807, 2.05) is 0 Å². The number of nitrogens with zero attached hydrogens (tertiary/aromatic N) is 4. The first-order valence-electron chi connectivity index (χ1n) is 8.25. The van der Waals surface area contributed by atoms with E-state index in [-0.39, 0.29) is 17.2 Å². The average molecular weight is 344 g/mol. The van der Waals surface area contributed by atoms with Gasteiger partial charge in [-0.15, -0.1) is 10.2 Å². The van der Waals surface area contributed by atoms with Crippen LogP contribution in [0.1, 0.15) is 41.3 Å². The highest BCUT2D eigenvalue weighted by molar-refractivity contribution is 6.00. The van der Waals surface area contributed by atoms with Crippen molar-refractivity contribution >= 4 is 17.3 Å². The Morgan fingerprint density at radius 2 is 2.16 bits per heavy atom. The van der Waals surface area contributed by atoms with Gasteiger partial charge in [0.25, 0.3) is 11.6 Å². The largest absolute Gasteiger partial charge is 0.377 e. The fraction of sp³-hybridized carbons (Fsp3) is 0.438. The van der Waals surface area contributed by atoms with Crippen LogP contribution < -0.4 is 10.6 Å². The molecule has 1 aromatic heterocycles. The predicted octanol–water partition coefficient (Wildman–Crippen LogP) is 1.88. The molecule has 0 bridgehead atoms. The zero-order valence-corrected chi connectivity index (χ0v) is 14.0. The number of non-ortho nitro benzene ring substituents is 1. The number of amides is 1. The monoisotopic (exact) mass is 344 g/mol. The summed E-state index contributed by atoms with van der Waals surface area (Å²) in [5.74, 6) is 1.41. The molecule has 0 atom stereocenters. The van der Waals surface area contributed by atoms with Crippen molar-refractivity contribution in [3.63, 3.8) is 0 Å². The fourth-order valence-electron chi connectivity index (χ4n) is 2.97. The third kappa shape index (κ3) is 3.59. The Bertz CT molecular complexity index is 801. The van der Waals surface area contributed by atoms with Crippen LogP contribution in [0.15, 0.2) is 18.2 Å². The van der Waals surface area contributed by atoms with Crippen molar-refractivity contribution in [1.82, 2.24) is 20.1 Å². The summed E-state index contributed by atoms with van der Waals surface area (Å²) in [4.78, 5) is 22.5. The van der Waals surface area contributed by atoms with Gasteiger partial charge in [0, 0.05) is 37.8 Å². The maximum Gasteiger partial charge on any atom is 0.270 e. The Balaban J connectivity index is 1.82. The van der Waals surface area contributed by atoms with Crippen molar-refractivity contribution in [2.75, 3.05) is 12.4 Å². The highest BCUT2D eigenvalue weighted by Crippen LogP contribution is 2.23. The predicted molar refractivity (Wildman–Crippen MR) is 91.4 cm³/mol. The van der Waals surface area contributed by atoms with Crippen molar-refractivity contribution < 1.29 is 9.72 Å². The van der Waals surface area contributed by atoms with E-state index in [0.717, 1.165) is 37.5 Å². The van der Waals surface area contributed by atoms with Crippen LogP contribution in [0, 0.1) is 10.1 Å². The third-order valence-electron chi connectivity index (χ3n) is 4.31. The SMILES string of the molecule is CNC(=O)c1cc([N+](=O)[O-])ccc1NCc1nnc2n1CCCCC2. The molecular weight excluding hydrogens is 324 g/mol. The fourth-order valence-corrected chi connectivity index (χ4v) is 2.97. The Hall–Kier alpha value is -2.97. The van der Waals surface area contributed by atoms with E-state index in [1.165, 1.54) is 25.6 Å². The van der Waals surface area contributed by atoms with E-state index in [2.05, 4.69) is 25.4 Å². The molecule has 0 saturated carbocycles. The summed E-state index contributed by atoms with van der Waals surface area (Å²) in [5, 5.41) is 25.1. The number of hydrogen-bond acceptors (Lipinski definition) is 6. The molecule has 2 aromatic rings. The highest BCUT2D eigenvalue weighted by Gasteiger charge is 2.18. The first-order chi connectivity index (χ1) is 12.1. The summed E-state index contributed by atoms with van der Waals surface area (Å²) in [5.41, 5.74) is 0.628. The molecule has 2 heterocycles. The number of nitro benzene ring substituents is 1. The van der Waals surface area contributed by atoms with Crippen molar-refractivity contribution in [3.8, 4) is 0 Å². The summed E-state index contributed by atoms with van der Waals surface area (Å²) in [6, 6.07) is 4.19. The van der Waals surface area contributed by atoms with Gasteiger partial charge in [-0.05, 0) is 18.9 Å². The Morgan fingerprint density at radius 3 is 2.92 bits per heavy atom. The molecule has 132 valence electrons. The number of nitrogens with one attached hydrogen (secondary N) is 2. The molecule has 3 rings (SSSR count). The number of carbonyl (C=O) groups is 1. The number of fused-ring (bicyclic) bond motifs is 1. The molecule has 9 nitrogen and oxygen atoms in total. The molecule has 0 fully saturated rings. The highest BCUT2D eigenvalue weighted by atomic mass is 16.6. The molecule has 2 N–H and O–H groups in total. The molecular formula is C16H20N6O3. The van der Waals surface area contributed by atoms with Gasteiger partial charge in [-0.3, -0.25) is 14.9 Å². The Morgan fingerprint density at radius 1 is 1.32 bits per heavy atom. The second-order valence-electron chi connectivity index (χ2n) is 5.91. The summed E-state index contributed by atoms with van der Waals surface area (Å²) < 4.78 is 2.12. The molecule has 0 spiro atoms. The maximum absolute atomic E-state index is 12.0. The number of carbonyl (C=O) groups excluding carboxylic acids is 1. The van der Waals surface area contributed by atoms with Crippen molar-refractivity contribution in [2.24, 2.45) is 0 Å². The van der Waals surface area contributed by atoms with Crippen LogP contribution in [-0.2, 0) is 19.5 Å². The Kier molecular flexibility index (Phi) is 4.92. The molecule has 0 unspecified atom stereocenters. The normalized spacial score (nSPS) is 13.6. The van der Waals surface area contributed by atoms with E-state index in [0.29, 0.717) is 12.2 Å². The quantitative estimate of drug-likeness (QED) is 0.632. The molecule has 25 heavy (non-hydrogen) atoms. The van der Waals surface area contributed by atoms with Gasteiger partial charge in [0.1, 0.15) is 5.82 Å². The summed E-state index contributed by atoms with van der Waals surface area (Å²) >= 11 is 0. The van der Waals surface area contributed by atoms with Gasteiger partial charge in [0.05, 0.1) is 17.0 Å².